The normalized spacial score (nSPS) is 10.5. The summed E-state index contributed by atoms with van der Waals surface area (Å²) in [6.07, 6.45) is 0. The van der Waals surface area contributed by atoms with Crippen molar-refractivity contribution in [3.05, 3.63) is 52.5 Å². The minimum atomic E-state index is -1.02. The van der Waals surface area contributed by atoms with Crippen molar-refractivity contribution in [2.45, 2.75) is 6.61 Å². The number of hydrogen-bond acceptors (Lipinski definition) is 6. The fourth-order valence-corrected chi connectivity index (χ4v) is 2.39. The molecule has 7 heteroatoms. The standard InChI is InChI=1S/C14H10N2O4S/c17-14(18)12-10(6-7-21-12)19-8-11-15-13(20-16-11)9-4-2-1-3-5-9/h1-7H,8H2,(H,17,18). The average Bonchev–Trinajstić information content (AvgIpc) is 3.15. The zero-order chi connectivity index (χ0) is 14.7. The molecule has 1 N–H and O–H groups in total. The second kappa shape index (κ2) is 5.76. The van der Waals surface area contributed by atoms with Gasteiger partial charge in [0.2, 0.25) is 5.82 Å². The van der Waals surface area contributed by atoms with E-state index in [0.29, 0.717) is 17.5 Å². The molecule has 21 heavy (non-hydrogen) atoms. The Morgan fingerprint density at radius 2 is 2.10 bits per heavy atom. The fourth-order valence-electron chi connectivity index (χ4n) is 1.72. The number of carboxylic acid groups (broad SMARTS) is 1. The summed E-state index contributed by atoms with van der Waals surface area (Å²) in [5.41, 5.74) is 0.818. The van der Waals surface area contributed by atoms with Gasteiger partial charge in [-0.25, -0.2) is 4.79 Å². The Kier molecular flexibility index (Phi) is 3.65. The van der Waals surface area contributed by atoms with E-state index in [1.165, 1.54) is 0 Å². The number of carbonyl (C=O) groups is 1. The lowest BCUT2D eigenvalue weighted by molar-refractivity contribution is 0.0697. The highest BCUT2D eigenvalue weighted by Gasteiger charge is 2.14. The number of benzene rings is 1. The van der Waals surface area contributed by atoms with Gasteiger partial charge in [-0.15, -0.1) is 11.3 Å². The summed E-state index contributed by atoms with van der Waals surface area (Å²) in [4.78, 5) is 15.3. The molecule has 3 rings (SSSR count). The summed E-state index contributed by atoms with van der Waals surface area (Å²) in [6, 6.07) is 11.0. The Morgan fingerprint density at radius 1 is 1.29 bits per heavy atom. The van der Waals surface area contributed by atoms with Crippen molar-refractivity contribution in [1.82, 2.24) is 10.1 Å². The van der Waals surface area contributed by atoms with Gasteiger partial charge in [0.25, 0.3) is 5.89 Å². The minimum Gasteiger partial charge on any atom is -0.484 e. The maximum Gasteiger partial charge on any atom is 0.349 e. The lowest BCUT2D eigenvalue weighted by Gasteiger charge is -2.01. The first-order chi connectivity index (χ1) is 10.2. The zero-order valence-electron chi connectivity index (χ0n) is 10.7. The fraction of sp³-hybridized carbons (Fsp3) is 0.0714. The molecule has 2 aromatic heterocycles. The zero-order valence-corrected chi connectivity index (χ0v) is 11.5. The van der Waals surface area contributed by atoms with Gasteiger partial charge < -0.3 is 14.4 Å². The highest BCUT2D eigenvalue weighted by molar-refractivity contribution is 7.12. The Balaban J connectivity index is 1.71. The molecule has 6 nitrogen and oxygen atoms in total. The quantitative estimate of drug-likeness (QED) is 0.779. The number of aromatic nitrogens is 2. The molecule has 0 spiro atoms. The summed E-state index contributed by atoms with van der Waals surface area (Å²) >= 11 is 1.11. The van der Waals surface area contributed by atoms with Crippen molar-refractivity contribution in [2.75, 3.05) is 0 Å². The Labute approximate surface area is 123 Å². The van der Waals surface area contributed by atoms with Crippen LogP contribution in [0.4, 0.5) is 0 Å². The topological polar surface area (TPSA) is 85.5 Å². The van der Waals surface area contributed by atoms with Gasteiger partial charge in [0.05, 0.1) is 0 Å². The number of ether oxygens (including phenoxy) is 1. The highest BCUT2D eigenvalue weighted by Crippen LogP contribution is 2.25. The first-order valence-corrected chi connectivity index (χ1v) is 6.93. The van der Waals surface area contributed by atoms with E-state index in [-0.39, 0.29) is 11.5 Å². The van der Waals surface area contributed by atoms with E-state index >= 15 is 0 Å². The Bertz CT molecular complexity index is 751. The third-order valence-electron chi connectivity index (χ3n) is 2.67. The Hall–Kier alpha value is -2.67. The molecule has 0 atom stereocenters. The molecular formula is C14H10N2O4S. The second-order valence-corrected chi connectivity index (χ2v) is 5.01. The number of carboxylic acids is 1. The number of thiophene rings is 1. The van der Waals surface area contributed by atoms with Crippen molar-refractivity contribution in [2.24, 2.45) is 0 Å². The maximum atomic E-state index is 11.0. The highest BCUT2D eigenvalue weighted by atomic mass is 32.1. The molecule has 0 saturated carbocycles. The first kappa shape index (κ1) is 13.3. The van der Waals surface area contributed by atoms with Crippen LogP contribution in [0.5, 0.6) is 5.75 Å². The van der Waals surface area contributed by atoms with Gasteiger partial charge in [-0.05, 0) is 23.6 Å². The van der Waals surface area contributed by atoms with Gasteiger partial charge in [0.15, 0.2) is 11.5 Å². The van der Waals surface area contributed by atoms with Crippen LogP contribution in [0, 0.1) is 0 Å². The molecule has 0 saturated heterocycles. The SMILES string of the molecule is O=C(O)c1sccc1OCc1noc(-c2ccccc2)n1. The van der Waals surface area contributed by atoms with E-state index in [1.807, 2.05) is 30.3 Å². The van der Waals surface area contributed by atoms with Crippen LogP contribution in [-0.2, 0) is 6.61 Å². The van der Waals surface area contributed by atoms with E-state index in [1.54, 1.807) is 11.4 Å². The average molecular weight is 302 g/mol. The van der Waals surface area contributed by atoms with Crippen molar-refractivity contribution in [1.29, 1.82) is 0 Å². The van der Waals surface area contributed by atoms with Crippen molar-refractivity contribution >= 4 is 17.3 Å². The van der Waals surface area contributed by atoms with Crippen LogP contribution in [0.25, 0.3) is 11.5 Å². The van der Waals surface area contributed by atoms with Gasteiger partial charge in [-0.2, -0.15) is 4.98 Å². The summed E-state index contributed by atoms with van der Waals surface area (Å²) in [7, 11) is 0. The van der Waals surface area contributed by atoms with Crippen LogP contribution >= 0.6 is 11.3 Å². The van der Waals surface area contributed by atoms with Crippen LogP contribution in [0.1, 0.15) is 15.5 Å². The lowest BCUT2D eigenvalue weighted by atomic mass is 10.2. The first-order valence-electron chi connectivity index (χ1n) is 6.05. The molecule has 0 aliphatic carbocycles. The molecule has 0 unspecified atom stereocenters. The smallest absolute Gasteiger partial charge is 0.349 e. The molecular weight excluding hydrogens is 292 g/mol. The number of rotatable bonds is 5. The van der Waals surface area contributed by atoms with Crippen molar-refractivity contribution < 1.29 is 19.2 Å². The summed E-state index contributed by atoms with van der Waals surface area (Å²) < 4.78 is 10.6. The molecule has 3 aromatic rings. The van der Waals surface area contributed by atoms with E-state index in [9.17, 15) is 4.79 Å². The van der Waals surface area contributed by atoms with Crippen LogP contribution in [0.2, 0.25) is 0 Å². The summed E-state index contributed by atoms with van der Waals surface area (Å²) in [5, 5.41) is 14.5. The largest absolute Gasteiger partial charge is 0.484 e. The molecule has 0 aliphatic rings. The Morgan fingerprint density at radius 3 is 2.86 bits per heavy atom. The van der Waals surface area contributed by atoms with Gasteiger partial charge >= 0.3 is 5.97 Å². The summed E-state index contributed by atoms with van der Waals surface area (Å²) in [5.74, 6) is 0.0472. The molecule has 0 bridgehead atoms. The minimum absolute atomic E-state index is 0.0490. The van der Waals surface area contributed by atoms with Crippen molar-refractivity contribution in [3.8, 4) is 17.2 Å². The lowest BCUT2D eigenvalue weighted by Crippen LogP contribution is -2.01. The number of aromatic carboxylic acids is 1. The monoisotopic (exact) mass is 302 g/mol. The number of nitrogens with zero attached hydrogens (tertiary/aromatic N) is 2. The van der Waals surface area contributed by atoms with Gasteiger partial charge in [-0.1, -0.05) is 23.4 Å². The van der Waals surface area contributed by atoms with Crippen LogP contribution in [0.15, 0.2) is 46.3 Å². The molecule has 0 aliphatic heterocycles. The van der Waals surface area contributed by atoms with Crippen LogP contribution < -0.4 is 4.74 Å². The molecule has 1 aromatic carbocycles. The van der Waals surface area contributed by atoms with E-state index in [4.69, 9.17) is 14.4 Å². The molecule has 0 radical (unpaired) electrons. The van der Waals surface area contributed by atoms with E-state index < -0.39 is 5.97 Å². The summed E-state index contributed by atoms with van der Waals surface area (Å²) in [6.45, 7) is 0.0490. The predicted octanol–water partition coefficient (Wildman–Crippen LogP) is 3.08. The second-order valence-electron chi connectivity index (χ2n) is 4.09. The van der Waals surface area contributed by atoms with E-state index in [2.05, 4.69) is 10.1 Å². The van der Waals surface area contributed by atoms with Crippen LogP contribution in [0.3, 0.4) is 0 Å². The van der Waals surface area contributed by atoms with Crippen molar-refractivity contribution in [3.63, 3.8) is 0 Å². The van der Waals surface area contributed by atoms with Crippen LogP contribution in [-0.4, -0.2) is 21.2 Å². The van der Waals surface area contributed by atoms with E-state index in [0.717, 1.165) is 16.9 Å². The molecule has 2 heterocycles. The number of hydrogen-bond donors (Lipinski definition) is 1. The van der Waals surface area contributed by atoms with Gasteiger partial charge in [0.1, 0.15) is 5.75 Å². The van der Waals surface area contributed by atoms with Gasteiger partial charge in [-0.3, -0.25) is 0 Å². The predicted molar refractivity (Wildman–Crippen MR) is 75.3 cm³/mol. The third-order valence-corrected chi connectivity index (χ3v) is 3.55. The molecule has 106 valence electrons. The van der Waals surface area contributed by atoms with Gasteiger partial charge in [0, 0.05) is 5.56 Å². The molecule has 0 fully saturated rings. The maximum absolute atomic E-state index is 11.0. The molecule has 0 amide bonds. The third kappa shape index (κ3) is 2.92.